The molecule has 3 rings (SSSR count). The van der Waals surface area contributed by atoms with Crippen LogP contribution in [0.2, 0.25) is 0 Å². The van der Waals surface area contributed by atoms with E-state index in [0.717, 1.165) is 42.7 Å². The highest BCUT2D eigenvalue weighted by molar-refractivity contribution is 7.17. The first-order valence-corrected chi connectivity index (χ1v) is 9.91. The minimum atomic E-state index is -0.488. The van der Waals surface area contributed by atoms with Gasteiger partial charge < -0.3 is 10.1 Å². The monoisotopic (exact) mass is 372 g/mol. The van der Waals surface area contributed by atoms with Gasteiger partial charge in [0.05, 0.1) is 5.69 Å². The van der Waals surface area contributed by atoms with Crippen molar-refractivity contribution in [2.75, 3.05) is 6.61 Å². The van der Waals surface area contributed by atoms with Crippen LogP contribution in [0.3, 0.4) is 0 Å². The number of hydrogen-bond donors (Lipinski definition) is 1. The molecule has 1 aliphatic carbocycles. The average molecular weight is 372 g/mol. The van der Waals surface area contributed by atoms with E-state index in [4.69, 9.17) is 4.74 Å². The van der Waals surface area contributed by atoms with Crippen LogP contribution in [-0.2, 0) is 16.0 Å². The molecule has 1 fully saturated rings. The first-order chi connectivity index (χ1) is 12.6. The van der Waals surface area contributed by atoms with Crippen molar-refractivity contribution in [1.29, 1.82) is 0 Å². The fraction of sp³-hybridized carbons (Fsp3) is 0.450. The second-order valence-electron chi connectivity index (χ2n) is 6.61. The topological polar surface area (TPSA) is 68.3 Å². The Balaban J connectivity index is 1.60. The molecular formula is C20H24N2O3S. The molecule has 1 heterocycles. The number of ether oxygens (including phenoxy) is 1. The van der Waals surface area contributed by atoms with Gasteiger partial charge in [-0.2, -0.15) is 0 Å². The van der Waals surface area contributed by atoms with Crippen molar-refractivity contribution in [3.8, 4) is 10.6 Å². The number of nitrogens with one attached hydrogen (secondary N) is 1. The summed E-state index contributed by atoms with van der Waals surface area (Å²) in [7, 11) is 0. The van der Waals surface area contributed by atoms with E-state index in [1.807, 2.05) is 12.1 Å². The van der Waals surface area contributed by atoms with Gasteiger partial charge in [0.1, 0.15) is 9.88 Å². The van der Waals surface area contributed by atoms with E-state index in [2.05, 4.69) is 29.4 Å². The van der Waals surface area contributed by atoms with Crippen LogP contribution < -0.4 is 5.32 Å². The van der Waals surface area contributed by atoms with Crippen molar-refractivity contribution in [3.63, 3.8) is 0 Å². The number of hydrogen-bond acceptors (Lipinski definition) is 5. The Hall–Kier alpha value is -2.21. The van der Waals surface area contributed by atoms with Gasteiger partial charge in [0, 0.05) is 11.6 Å². The third kappa shape index (κ3) is 4.49. The van der Waals surface area contributed by atoms with E-state index in [1.165, 1.54) is 16.9 Å². The molecule has 5 nitrogen and oxygen atoms in total. The van der Waals surface area contributed by atoms with E-state index in [1.54, 1.807) is 6.92 Å². The summed E-state index contributed by atoms with van der Waals surface area (Å²) in [5, 5.41) is 3.70. The summed E-state index contributed by atoms with van der Waals surface area (Å²) in [4.78, 5) is 29.2. The molecule has 2 aromatic rings. The first kappa shape index (κ1) is 18.6. The maximum absolute atomic E-state index is 12.3. The number of aromatic nitrogens is 1. The summed E-state index contributed by atoms with van der Waals surface area (Å²) in [5.74, 6) is -0.721. The Morgan fingerprint density at radius 3 is 2.58 bits per heavy atom. The van der Waals surface area contributed by atoms with Gasteiger partial charge in [0.2, 0.25) is 0 Å². The van der Waals surface area contributed by atoms with E-state index >= 15 is 0 Å². The van der Waals surface area contributed by atoms with Gasteiger partial charge in [-0.05, 0) is 31.7 Å². The maximum Gasteiger partial charge on any atom is 0.350 e. The van der Waals surface area contributed by atoms with Crippen molar-refractivity contribution >= 4 is 23.2 Å². The number of rotatable bonds is 6. The standard InChI is InChI=1S/C20H24N2O3S/c1-3-14-8-10-15(11-9-14)19-21-13(2)18(26-19)20(24)25-12-17(23)22-16-6-4-5-7-16/h8-11,16H,3-7,12H2,1-2H3,(H,22,23). The molecule has 0 saturated heterocycles. The predicted molar refractivity (Wildman–Crippen MR) is 102 cm³/mol. The summed E-state index contributed by atoms with van der Waals surface area (Å²) in [6.07, 6.45) is 5.29. The lowest BCUT2D eigenvalue weighted by Gasteiger charge is -2.11. The summed E-state index contributed by atoms with van der Waals surface area (Å²) in [6.45, 7) is 3.66. The maximum atomic E-state index is 12.3. The van der Waals surface area contributed by atoms with Crippen LogP contribution in [0.4, 0.5) is 0 Å². The highest BCUT2D eigenvalue weighted by Gasteiger charge is 2.21. The van der Waals surface area contributed by atoms with Crippen LogP contribution in [0.5, 0.6) is 0 Å². The van der Waals surface area contributed by atoms with E-state index in [-0.39, 0.29) is 18.6 Å². The van der Waals surface area contributed by atoms with Gasteiger partial charge in [-0.3, -0.25) is 4.79 Å². The van der Waals surface area contributed by atoms with Crippen molar-refractivity contribution < 1.29 is 14.3 Å². The molecular weight excluding hydrogens is 348 g/mol. The fourth-order valence-electron chi connectivity index (χ4n) is 3.13. The van der Waals surface area contributed by atoms with Crippen LogP contribution in [0.1, 0.15) is 53.5 Å². The highest BCUT2D eigenvalue weighted by atomic mass is 32.1. The zero-order valence-corrected chi connectivity index (χ0v) is 16.0. The minimum Gasteiger partial charge on any atom is -0.451 e. The molecule has 1 amide bonds. The van der Waals surface area contributed by atoms with Gasteiger partial charge in [-0.25, -0.2) is 9.78 Å². The molecule has 26 heavy (non-hydrogen) atoms. The summed E-state index contributed by atoms with van der Waals surface area (Å²) in [6, 6.07) is 8.39. The molecule has 1 aromatic heterocycles. The molecule has 0 aliphatic heterocycles. The molecule has 0 spiro atoms. The van der Waals surface area contributed by atoms with E-state index < -0.39 is 5.97 Å². The van der Waals surface area contributed by atoms with Gasteiger partial charge in [0.25, 0.3) is 5.91 Å². The quantitative estimate of drug-likeness (QED) is 0.781. The van der Waals surface area contributed by atoms with Crippen molar-refractivity contribution in [3.05, 3.63) is 40.4 Å². The highest BCUT2D eigenvalue weighted by Crippen LogP contribution is 2.28. The van der Waals surface area contributed by atoms with E-state index in [9.17, 15) is 9.59 Å². The van der Waals surface area contributed by atoms with Gasteiger partial charge in [-0.15, -0.1) is 11.3 Å². The van der Waals surface area contributed by atoms with Crippen molar-refractivity contribution in [2.45, 2.75) is 52.0 Å². The van der Waals surface area contributed by atoms with Gasteiger partial charge >= 0.3 is 5.97 Å². The van der Waals surface area contributed by atoms with Crippen LogP contribution >= 0.6 is 11.3 Å². The Bertz CT molecular complexity index is 777. The Morgan fingerprint density at radius 1 is 1.23 bits per heavy atom. The number of amides is 1. The Labute approximate surface area is 157 Å². The normalized spacial score (nSPS) is 14.4. The lowest BCUT2D eigenvalue weighted by Crippen LogP contribution is -2.35. The number of aryl methyl sites for hydroxylation is 2. The summed E-state index contributed by atoms with van der Waals surface area (Å²) < 4.78 is 5.19. The molecule has 138 valence electrons. The third-order valence-corrected chi connectivity index (χ3v) is 5.83. The lowest BCUT2D eigenvalue weighted by atomic mass is 10.1. The minimum absolute atomic E-state index is 0.226. The fourth-order valence-corrected chi connectivity index (χ4v) is 4.09. The van der Waals surface area contributed by atoms with Crippen LogP contribution in [-0.4, -0.2) is 29.5 Å². The second kappa shape index (κ2) is 8.45. The molecule has 0 radical (unpaired) electrons. The Morgan fingerprint density at radius 2 is 1.92 bits per heavy atom. The number of benzene rings is 1. The summed E-state index contributed by atoms with van der Waals surface area (Å²) in [5.41, 5.74) is 2.87. The molecule has 1 N–H and O–H groups in total. The average Bonchev–Trinajstić information content (AvgIpc) is 3.29. The smallest absolute Gasteiger partial charge is 0.350 e. The zero-order chi connectivity index (χ0) is 18.5. The zero-order valence-electron chi connectivity index (χ0n) is 15.2. The first-order valence-electron chi connectivity index (χ1n) is 9.10. The van der Waals surface area contributed by atoms with Crippen molar-refractivity contribution in [1.82, 2.24) is 10.3 Å². The molecule has 0 atom stereocenters. The van der Waals surface area contributed by atoms with Crippen LogP contribution in [0.15, 0.2) is 24.3 Å². The molecule has 1 saturated carbocycles. The molecule has 0 unspecified atom stereocenters. The molecule has 6 heteroatoms. The molecule has 1 aliphatic rings. The van der Waals surface area contributed by atoms with Gasteiger partial charge in [0.15, 0.2) is 6.61 Å². The van der Waals surface area contributed by atoms with Gasteiger partial charge in [-0.1, -0.05) is 44.0 Å². The third-order valence-electron chi connectivity index (χ3n) is 4.65. The molecule has 1 aromatic carbocycles. The predicted octanol–water partition coefficient (Wildman–Crippen LogP) is 3.90. The van der Waals surface area contributed by atoms with Crippen molar-refractivity contribution in [2.24, 2.45) is 0 Å². The van der Waals surface area contributed by atoms with E-state index in [0.29, 0.717) is 10.6 Å². The number of thiazole rings is 1. The summed E-state index contributed by atoms with van der Waals surface area (Å²) >= 11 is 1.30. The SMILES string of the molecule is CCc1ccc(-c2nc(C)c(C(=O)OCC(=O)NC3CCCC3)s2)cc1. The largest absolute Gasteiger partial charge is 0.451 e. The van der Waals surface area contributed by atoms with Crippen LogP contribution in [0.25, 0.3) is 10.6 Å². The number of nitrogens with zero attached hydrogens (tertiary/aromatic N) is 1. The number of esters is 1. The lowest BCUT2D eigenvalue weighted by molar-refractivity contribution is -0.124. The Kier molecular flexibility index (Phi) is 6.04. The second-order valence-corrected chi connectivity index (χ2v) is 7.61. The molecule has 0 bridgehead atoms. The number of carbonyl (C=O) groups excluding carboxylic acids is 2. The van der Waals surface area contributed by atoms with Crippen LogP contribution in [0, 0.1) is 6.92 Å². The number of carbonyl (C=O) groups is 2.